The average molecular weight is 366 g/mol. The number of rotatable bonds is 5. The maximum atomic E-state index is 12.2. The number of nitrogens with zero attached hydrogens (tertiary/aromatic N) is 3. The molecule has 0 bridgehead atoms. The van der Waals surface area contributed by atoms with Crippen molar-refractivity contribution in [1.29, 1.82) is 0 Å². The maximum Gasteiger partial charge on any atom is 0.409 e. The zero-order chi connectivity index (χ0) is 17.8. The molecular weight excluding hydrogens is 346 g/mol. The topological polar surface area (TPSA) is 90.6 Å². The molecule has 0 unspecified atom stereocenters. The highest BCUT2D eigenvalue weighted by Gasteiger charge is 2.19. The smallest absolute Gasteiger partial charge is 0.409 e. The van der Waals surface area contributed by atoms with Crippen molar-refractivity contribution >= 4 is 34.8 Å². The van der Waals surface area contributed by atoms with Gasteiger partial charge in [0, 0.05) is 31.7 Å². The molecule has 3 amide bonds. The van der Waals surface area contributed by atoms with Gasteiger partial charge in [-0.05, 0) is 24.6 Å². The number of ether oxygens (including phenoxy) is 1. The van der Waals surface area contributed by atoms with Crippen molar-refractivity contribution in [2.45, 2.75) is 13.0 Å². The monoisotopic (exact) mass is 365 g/mol. The van der Waals surface area contributed by atoms with E-state index in [-0.39, 0.29) is 12.1 Å². The number of fused-ring (bicyclic) bond motifs is 1. The molecule has 25 heavy (non-hydrogen) atoms. The van der Waals surface area contributed by atoms with E-state index in [1.54, 1.807) is 24.1 Å². The minimum atomic E-state index is -0.324. The first-order valence-electron chi connectivity index (χ1n) is 8.08. The molecule has 8 nitrogen and oxygen atoms in total. The Kier molecular flexibility index (Phi) is 5.28. The molecule has 2 N–H and O–H groups in total. The van der Waals surface area contributed by atoms with Crippen LogP contribution in [0, 0.1) is 0 Å². The summed E-state index contributed by atoms with van der Waals surface area (Å²) in [6, 6.07) is 5.17. The van der Waals surface area contributed by atoms with E-state index in [4.69, 9.17) is 16.3 Å². The number of H-pyrrole nitrogens is 1. The van der Waals surface area contributed by atoms with Crippen molar-refractivity contribution in [2.24, 2.45) is 0 Å². The number of carbonyl (C=O) groups excluding carboxylic acids is 2. The van der Waals surface area contributed by atoms with E-state index in [9.17, 15) is 9.59 Å². The molecule has 1 fully saturated rings. The lowest BCUT2D eigenvalue weighted by molar-refractivity contribution is 0.0733. The number of carbonyl (C=O) groups is 2. The number of hydrogen-bond donors (Lipinski definition) is 2. The third-order valence-corrected chi connectivity index (χ3v) is 4.18. The molecule has 1 aromatic heterocycles. The Bertz CT molecular complexity index is 778. The molecular formula is C16H20ClN5O3. The Balaban J connectivity index is 1.49. The number of nitrogens with one attached hydrogen (secondary N) is 2. The Morgan fingerprint density at radius 2 is 2.36 bits per heavy atom. The lowest BCUT2D eigenvalue weighted by Gasteiger charge is -2.26. The van der Waals surface area contributed by atoms with Crippen LogP contribution >= 0.6 is 11.6 Å². The lowest BCUT2D eigenvalue weighted by Crippen LogP contribution is -2.44. The van der Waals surface area contributed by atoms with Crippen LogP contribution in [0.1, 0.15) is 12.2 Å². The van der Waals surface area contributed by atoms with Gasteiger partial charge in [0.15, 0.2) is 0 Å². The summed E-state index contributed by atoms with van der Waals surface area (Å²) >= 11 is 5.96. The van der Waals surface area contributed by atoms with Gasteiger partial charge in [-0.1, -0.05) is 11.6 Å². The second-order valence-corrected chi connectivity index (χ2v) is 6.32. The maximum absolute atomic E-state index is 12.2. The molecule has 1 aliphatic heterocycles. The zero-order valence-electron chi connectivity index (χ0n) is 13.9. The fourth-order valence-corrected chi connectivity index (χ4v) is 2.81. The van der Waals surface area contributed by atoms with Crippen molar-refractivity contribution in [3.8, 4) is 0 Å². The molecule has 134 valence electrons. The van der Waals surface area contributed by atoms with Crippen LogP contribution in [0.25, 0.3) is 11.0 Å². The summed E-state index contributed by atoms with van der Waals surface area (Å²) in [5.41, 5.74) is 1.64. The lowest BCUT2D eigenvalue weighted by atomic mass is 10.3. The second kappa shape index (κ2) is 7.60. The number of benzene rings is 1. The fourth-order valence-electron chi connectivity index (χ4n) is 2.64. The molecule has 0 spiro atoms. The minimum absolute atomic E-state index is 0.233. The van der Waals surface area contributed by atoms with Gasteiger partial charge in [-0.15, -0.1) is 0 Å². The van der Waals surface area contributed by atoms with Gasteiger partial charge in [0.1, 0.15) is 5.82 Å². The summed E-state index contributed by atoms with van der Waals surface area (Å²) in [4.78, 5) is 34.4. The highest BCUT2D eigenvalue weighted by molar-refractivity contribution is 6.31. The molecule has 1 aliphatic rings. The van der Waals surface area contributed by atoms with Crippen LogP contribution in [0.15, 0.2) is 18.2 Å². The third-order valence-electron chi connectivity index (χ3n) is 3.94. The van der Waals surface area contributed by atoms with E-state index >= 15 is 0 Å². The molecule has 3 rings (SSSR count). The highest BCUT2D eigenvalue weighted by Crippen LogP contribution is 2.17. The zero-order valence-corrected chi connectivity index (χ0v) is 14.7. The van der Waals surface area contributed by atoms with Crippen LogP contribution in [0.5, 0.6) is 0 Å². The number of hydrogen-bond acceptors (Lipinski definition) is 4. The summed E-state index contributed by atoms with van der Waals surface area (Å²) in [6.45, 7) is 2.26. The number of amides is 3. The number of halogens is 1. The van der Waals surface area contributed by atoms with Crippen LogP contribution in [0.4, 0.5) is 9.59 Å². The van der Waals surface area contributed by atoms with Crippen LogP contribution < -0.4 is 5.32 Å². The molecule has 1 aromatic carbocycles. The average Bonchev–Trinajstić information content (AvgIpc) is 2.97. The SMILES string of the molecule is CN(Cc1nc2ccc(Cl)cc2[nH]1)C(=O)NCCN1CCCOC1=O. The van der Waals surface area contributed by atoms with E-state index in [1.807, 2.05) is 6.07 Å². The predicted molar refractivity (Wildman–Crippen MR) is 93.5 cm³/mol. The van der Waals surface area contributed by atoms with E-state index in [2.05, 4.69) is 15.3 Å². The van der Waals surface area contributed by atoms with Crippen LogP contribution in [-0.2, 0) is 11.3 Å². The van der Waals surface area contributed by atoms with Gasteiger partial charge in [-0.3, -0.25) is 0 Å². The summed E-state index contributed by atoms with van der Waals surface area (Å²) in [5, 5.41) is 3.42. The quantitative estimate of drug-likeness (QED) is 0.849. The predicted octanol–water partition coefficient (Wildman–Crippen LogP) is 2.20. The van der Waals surface area contributed by atoms with Crippen LogP contribution in [0.2, 0.25) is 5.02 Å². The van der Waals surface area contributed by atoms with Gasteiger partial charge in [-0.2, -0.15) is 0 Å². The van der Waals surface area contributed by atoms with Crippen molar-refractivity contribution in [2.75, 3.05) is 33.3 Å². The van der Waals surface area contributed by atoms with Gasteiger partial charge >= 0.3 is 12.1 Å². The van der Waals surface area contributed by atoms with Crippen LogP contribution in [-0.4, -0.2) is 65.2 Å². The first-order valence-corrected chi connectivity index (χ1v) is 8.45. The van der Waals surface area contributed by atoms with Gasteiger partial charge < -0.3 is 24.8 Å². The molecule has 2 aromatic rings. The standard InChI is InChI=1S/C16H20ClN5O3/c1-21(10-14-19-12-4-3-11(17)9-13(12)20-14)15(23)18-5-7-22-6-2-8-25-16(22)24/h3-4,9H,2,5-8,10H2,1H3,(H,18,23)(H,19,20). The van der Waals surface area contributed by atoms with Gasteiger partial charge in [-0.25, -0.2) is 14.6 Å². The van der Waals surface area contributed by atoms with Crippen molar-refractivity contribution in [3.05, 3.63) is 29.0 Å². The number of aromatic amines is 1. The van der Waals surface area contributed by atoms with E-state index in [0.29, 0.717) is 43.6 Å². The molecule has 2 heterocycles. The number of cyclic esters (lactones) is 1. The Labute approximate surface area is 150 Å². The third kappa shape index (κ3) is 4.33. The van der Waals surface area contributed by atoms with E-state index in [0.717, 1.165) is 17.5 Å². The van der Waals surface area contributed by atoms with Crippen molar-refractivity contribution < 1.29 is 14.3 Å². The summed E-state index contributed by atoms with van der Waals surface area (Å²) in [6.07, 6.45) is 0.491. The molecule has 0 atom stereocenters. The summed E-state index contributed by atoms with van der Waals surface area (Å²) < 4.78 is 4.95. The summed E-state index contributed by atoms with van der Waals surface area (Å²) in [5.74, 6) is 0.675. The molecule has 0 saturated carbocycles. The first kappa shape index (κ1) is 17.3. The van der Waals surface area contributed by atoms with Gasteiger partial charge in [0.25, 0.3) is 0 Å². The van der Waals surface area contributed by atoms with Crippen molar-refractivity contribution in [3.63, 3.8) is 0 Å². The highest BCUT2D eigenvalue weighted by atomic mass is 35.5. The fraction of sp³-hybridized carbons (Fsp3) is 0.438. The molecule has 9 heteroatoms. The van der Waals surface area contributed by atoms with Crippen molar-refractivity contribution in [1.82, 2.24) is 25.1 Å². The second-order valence-electron chi connectivity index (χ2n) is 5.89. The van der Waals surface area contributed by atoms with E-state index in [1.165, 1.54) is 4.90 Å². The van der Waals surface area contributed by atoms with Gasteiger partial charge in [0.05, 0.1) is 24.2 Å². The molecule has 0 radical (unpaired) electrons. The van der Waals surface area contributed by atoms with Gasteiger partial charge in [0.2, 0.25) is 0 Å². The number of aromatic nitrogens is 2. The Hall–Kier alpha value is -2.48. The normalized spacial score (nSPS) is 14.5. The molecule has 1 saturated heterocycles. The Morgan fingerprint density at radius 1 is 1.52 bits per heavy atom. The van der Waals surface area contributed by atoms with E-state index < -0.39 is 0 Å². The summed E-state index contributed by atoms with van der Waals surface area (Å²) in [7, 11) is 1.69. The first-order chi connectivity index (χ1) is 12.0. The Morgan fingerprint density at radius 3 is 3.16 bits per heavy atom. The number of imidazole rings is 1. The molecule has 0 aliphatic carbocycles. The largest absolute Gasteiger partial charge is 0.449 e. The van der Waals surface area contributed by atoms with Crippen LogP contribution in [0.3, 0.4) is 0 Å². The number of urea groups is 1. The minimum Gasteiger partial charge on any atom is -0.449 e.